The second kappa shape index (κ2) is 9.18. The lowest BCUT2D eigenvalue weighted by molar-refractivity contribution is -0.144. The first-order valence-electron chi connectivity index (χ1n) is 12.9. The first-order valence-corrected chi connectivity index (χ1v) is 12.9. The normalized spacial score (nSPS) is 25.9. The molecule has 3 atom stereocenters. The molecular weight excluding hydrogens is 460 g/mol. The van der Waals surface area contributed by atoms with Crippen LogP contribution in [0.3, 0.4) is 0 Å². The van der Waals surface area contributed by atoms with Crippen LogP contribution in [0.25, 0.3) is 0 Å². The van der Waals surface area contributed by atoms with Crippen molar-refractivity contribution in [1.82, 2.24) is 0 Å². The summed E-state index contributed by atoms with van der Waals surface area (Å²) in [6, 6.07) is 1.98. The van der Waals surface area contributed by atoms with E-state index in [0.717, 1.165) is 30.9 Å². The summed E-state index contributed by atoms with van der Waals surface area (Å²) >= 11 is 0. The Bertz CT molecular complexity index is 1220. The number of aromatic hydroxyl groups is 1. The van der Waals surface area contributed by atoms with Crippen molar-refractivity contribution in [3.63, 3.8) is 0 Å². The molecule has 1 aromatic rings. The minimum absolute atomic E-state index is 0.0803. The van der Waals surface area contributed by atoms with E-state index in [1.165, 1.54) is 0 Å². The van der Waals surface area contributed by atoms with Crippen LogP contribution in [0.15, 0.2) is 28.7 Å². The molecule has 0 saturated heterocycles. The Hall–Kier alpha value is -2.93. The molecule has 0 unspecified atom stereocenters. The highest BCUT2D eigenvalue weighted by Crippen LogP contribution is 2.52. The van der Waals surface area contributed by atoms with Gasteiger partial charge in [0.15, 0.2) is 17.2 Å². The van der Waals surface area contributed by atoms with E-state index < -0.39 is 51.9 Å². The zero-order chi connectivity index (χ0) is 26.7. The number of phenols is 1. The Morgan fingerprint density at radius 3 is 2.36 bits per heavy atom. The number of aryl methyl sites for hydroxylation is 1. The van der Waals surface area contributed by atoms with Crippen molar-refractivity contribution < 1.29 is 34.8 Å². The van der Waals surface area contributed by atoms with Crippen LogP contribution in [0.5, 0.6) is 5.75 Å². The first kappa shape index (κ1) is 26.1. The average molecular weight is 497 g/mol. The number of aliphatic hydroxyl groups excluding tert-OH is 2. The molecule has 0 aromatic heterocycles. The topological polar surface area (TPSA) is 132 Å². The number of benzene rings is 1. The van der Waals surface area contributed by atoms with Crippen molar-refractivity contribution in [2.75, 3.05) is 0 Å². The van der Waals surface area contributed by atoms with Crippen LogP contribution in [0.2, 0.25) is 0 Å². The summed E-state index contributed by atoms with van der Waals surface area (Å²) < 4.78 is 0. The summed E-state index contributed by atoms with van der Waals surface area (Å²) in [5.41, 5.74) is -0.567. The molecule has 0 bridgehead atoms. The van der Waals surface area contributed by atoms with Crippen LogP contribution in [0, 0.1) is 17.8 Å². The van der Waals surface area contributed by atoms with Crippen molar-refractivity contribution >= 4 is 17.3 Å². The maximum atomic E-state index is 13.9. The lowest BCUT2D eigenvalue weighted by Gasteiger charge is -2.46. The first-order chi connectivity index (χ1) is 16.8. The minimum Gasteiger partial charge on any atom is -0.511 e. The second-order valence-electron chi connectivity index (χ2n) is 11.4. The van der Waals surface area contributed by atoms with Gasteiger partial charge in [-0.05, 0) is 67.1 Å². The van der Waals surface area contributed by atoms with E-state index in [4.69, 9.17) is 0 Å². The van der Waals surface area contributed by atoms with Gasteiger partial charge < -0.3 is 20.4 Å². The van der Waals surface area contributed by atoms with Crippen molar-refractivity contribution in [2.45, 2.75) is 84.7 Å². The van der Waals surface area contributed by atoms with Gasteiger partial charge in [0, 0.05) is 17.9 Å². The van der Waals surface area contributed by atoms with Gasteiger partial charge in [-0.3, -0.25) is 14.4 Å². The van der Waals surface area contributed by atoms with Crippen molar-refractivity contribution in [3.8, 4) is 5.75 Å². The number of hydrogen-bond donors (Lipinski definition) is 4. The fourth-order valence-electron chi connectivity index (χ4n) is 6.29. The molecule has 0 aliphatic heterocycles. The molecular formula is C29H36O7. The van der Waals surface area contributed by atoms with Gasteiger partial charge in [-0.25, -0.2) is 0 Å². The molecule has 7 nitrogen and oxygen atoms in total. The summed E-state index contributed by atoms with van der Waals surface area (Å²) in [4.78, 5) is 39.0. The molecule has 7 heteroatoms. The number of aliphatic hydroxyl groups is 3. The Kier molecular flexibility index (Phi) is 6.67. The predicted molar refractivity (Wildman–Crippen MR) is 134 cm³/mol. The van der Waals surface area contributed by atoms with Crippen molar-refractivity contribution in [3.05, 3.63) is 51.0 Å². The van der Waals surface area contributed by atoms with E-state index in [1.54, 1.807) is 0 Å². The second-order valence-corrected chi connectivity index (χ2v) is 11.4. The summed E-state index contributed by atoms with van der Waals surface area (Å²) in [5.74, 6) is -4.40. The van der Waals surface area contributed by atoms with Gasteiger partial charge in [-0.1, -0.05) is 40.2 Å². The maximum absolute atomic E-state index is 13.9. The lowest BCUT2D eigenvalue weighted by atomic mass is 9.59. The molecule has 0 radical (unpaired) electrons. The van der Waals surface area contributed by atoms with Gasteiger partial charge in [-0.15, -0.1) is 0 Å². The summed E-state index contributed by atoms with van der Waals surface area (Å²) in [7, 11) is 0. The van der Waals surface area contributed by atoms with Crippen LogP contribution in [0.4, 0.5) is 0 Å². The fraction of sp³-hybridized carbons (Fsp3) is 0.552. The number of phenolic OH excluding ortho intramolecular Hbond substituents is 1. The molecule has 0 saturated carbocycles. The highest BCUT2D eigenvalue weighted by molar-refractivity contribution is 6.25. The van der Waals surface area contributed by atoms with E-state index in [-0.39, 0.29) is 35.6 Å². The molecule has 0 amide bonds. The molecule has 0 spiro atoms. The van der Waals surface area contributed by atoms with E-state index in [1.807, 2.05) is 19.9 Å². The number of carbonyl (C=O) groups excluding carboxylic acids is 3. The standard InChI is InChI=1S/C29H36O7/c1-13(2)7-6-8-16-10-19(14(3)4)20-11-17-9-18-12-21(31)22(15(5)30)27(34)29(18,36)28(35)23(17)26(33)24(20)25(16)32/h10,13-14,17-18,31-32,35-36H,6-9,11-12H2,1-5H3/t17-,18+,29-/m1/s1. The van der Waals surface area contributed by atoms with Crippen molar-refractivity contribution in [2.24, 2.45) is 17.8 Å². The van der Waals surface area contributed by atoms with Crippen LogP contribution in [0.1, 0.15) is 93.3 Å². The number of hydrogen-bond acceptors (Lipinski definition) is 7. The Balaban J connectivity index is 1.86. The van der Waals surface area contributed by atoms with Crippen molar-refractivity contribution in [1.29, 1.82) is 0 Å². The van der Waals surface area contributed by atoms with E-state index in [9.17, 15) is 34.8 Å². The molecule has 4 rings (SSSR count). The van der Waals surface area contributed by atoms with Gasteiger partial charge in [-0.2, -0.15) is 0 Å². The zero-order valence-corrected chi connectivity index (χ0v) is 21.6. The van der Waals surface area contributed by atoms with Crippen LogP contribution in [-0.2, 0) is 22.4 Å². The van der Waals surface area contributed by atoms with Gasteiger partial charge in [0.1, 0.15) is 22.8 Å². The highest BCUT2D eigenvalue weighted by Gasteiger charge is 2.59. The monoisotopic (exact) mass is 496 g/mol. The predicted octanol–water partition coefficient (Wildman–Crippen LogP) is 4.79. The third-order valence-electron chi connectivity index (χ3n) is 8.13. The number of ketones is 3. The quantitative estimate of drug-likeness (QED) is 0.416. The molecule has 1 aromatic carbocycles. The molecule has 194 valence electrons. The Morgan fingerprint density at radius 1 is 1.11 bits per heavy atom. The number of fused-ring (bicyclic) bond motifs is 3. The largest absolute Gasteiger partial charge is 0.511 e. The Morgan fingerprint density at radius 2 is 1.78 bits per heavy atom. The highest BCUT2D eigenvalue weighted by atomic mass is 16.3. The van der Waals surface area contributed by atoms with E-state index >= 15 is 0 Å². The van der Waals surface area contributed by atoms with Gasteiger partial charge >= 0.3 is 0 Å². The third-order valence-corrected chi connectivity index (χ3v) is 8.13. The third kappa shape index (κ3) is 3.88. The maximum Gasteiger partial charge on any atom is 0.209 e. The number of Topliss-reactive ketones (excluding diaryl/α,β-unsaturated/α-hetero) is 3. The summed E-state index contributed by atoms with van der Waals surface area (Å²) in [5, 5.41) is 44.3. The van der Waals surface area contributed by atoms with Crippen LogP contribution in [-0.4, -0.2) is 43.4 Å². The molecule has 4 N–H and O–H groups in total. The summed E-state index contributed by atoms with van der Waals surface area (Å²) in [6.45, 7) is 9.43. The zero-order valence-electron chi connectivity index (χ0n) is 21.6. The average Bonchev–Trinajstić information content (AvgIpc) is 2.77. The Labute approximate surface area is 211 Å². The summed E-state index contributed by atoms with van der Waals surface area (Å²) in [6.07, 6.45) is 2.82. The van der Waals surface area contributed by atoms with Gasteiger partial charge in [0.25, 0.3) is 0 Å². The molecule has 36 heavy (non-hydrogen) atoms. The SMILES string of the molecule is CC(=O)C1=C(O)C[C@@H]2C[C@@H]3Cc4c(C(C)C)cc(CCCC(C)C)c(O)c4C(=O)C3=C(O)[C@]2(O)C1=O. The number of carbonyl (C=O) groups is 3. The molecule has 3 aliphatic carbocycles. The molecule has 0 fully saturated rings. The van der Waals surface area contributed by atoms with Crippen LogP contribution < -0.4 is 0 Å². The van der Waals surface area contributed by atoms with E-state index in [0.29, 0.717) is 24.3 Å². The smallest absolute Gasteiger partial charge is 0.209 e. The molecule has 3 aliphatic rings. The minimum atomic E-state index is -2.46. The number of rotatable bonds is 6. The van der Waals surface area contributed by atoms with E-state index in [2.05, 4.69) is 13.8 Å². The number of allylic oxidation sites excluding steroid dienone is 2. The van der Waals surface area contributed by atoms with Crippen LogP contribution >= 0.6 is 0 Å². The van der Waals surface area contributed by atoms with Gasteiger partial charge in [0.05, 0.1) is 5.56 Å². The molecule has 0 heterocycles. The fourth-order valence-corrected chi connectivity index (χ4v) is 6.29. The van der Waals surface area contributed by atoms with Gasteiger partial charge in [0.2, 0.25) is 5.78 Å². The lowest BCUT2D eigenvalue weighted by Crippen LogP contribution is -2.56.